The number of hydrogen-bond donors (Lipinski definition) is 1. The molecular formula is C14H18F6N2O4. The highest BCUT2D eigenvalue weighted by Gasteiger charge is 2.57. The van der Waals surface area contributed by atoms with Crippen LogP contribution >= 0.6 is 0 Å². The van der Waals surface area contributed by atoms with Crippen molar-refractivity contribution in [2.24, 2.45) is 5.92 Å². The molecule has 26 heavy (non-hydrogen) atoms. The summed E-state index contributed by atoms with van der Waals surface area (Å²) in [7, 11) is 1.57. The first-order valence-electron chi connectivity index (χ1n) is 7.34. The fourth-order valence-corrected chi connectivity index (χ4v) is 2.61. The van der Waals surface area contributed by atoms with E-state index in [0.717, 1.165) is 14.2 Å². The molecule has 1 aliphatic heterocycles. The Morgan fingerprint density at radius 2 is 1.65 bits per heavy atom. The number of esters is 1. The van der Waals surface area contributed by atoms with E-state index < -0.39 is 53.8 Å². The Bertz CT molecular complexity index is 585. The summed E-state index contributed by atoms with van der Waals surface area (Å²) >= 11 is 0. The van der Waals surface area contributed by atoms with Gasteiger partial charge in [-0.2, -0.15) is 26.3 Å². The normalized spacial score (nSPS) is 21.6. The summed E-state index contributed by atoms with van der Waals surface area (Å²) in [6.45, 7) is 3.03. The van der Waals surface area contributed by atoms with Crippen LogP contribution in [0.15, 0.2) is 11.3 Å². The number of amides is 1. The minimum Gasteiger partial charge on any atom is -0.466 e. The van der Waals surface area contributed by atoms with Crippen LogP contribution in [0.4, 0.5) is 31.1 Å². The van der Waals surface area contributed by atoms with Crippen molar-refractivity contribution >= 4 is 12.1 Å². The van der Waals surface area contributed by atoms with E-state index in [4.69, 9.17) is 0 Å². The Balaban J connectivity index is 3.75. The maximum Gasteiger partial charge on any atom is 0.431 e. The summed E-state index contributed by atoms with van der Waals surface area (Å²) < 4.78 is 88.7. The number of methoxy groups -OCH3 is 2. The lowest BCUT2D eigenvalue weighted by Crippen LogP contribution is -2.65. The van der Waals surface area contributed by atoms with Crippen molar-refractivity contribution in [1.29, 1.82) is 0 Å². The number of ether oxygens (including phenoxy) is 2. The molecule has 0 aromatic rings. The molecule has 1 rings (SSSR count). The van der Waals surface area contributed by atoms with Gasteiger partial charge in [0.1, 0.15) is 5.70 Å². The molecule has 1 amide bonds. The summed E-state index contributed by atoms with van der Waals surface area (Å²) in [6.07, 6.45) is -15.5. The third-order valence-electron chi connectivity index (χ3n) is 3.58. The zero-order valence-corrected chi connectivity index (χ0v) is 14.3. The summed E-state index contributed by atoms with van der Waals surface area (Å²) in [5.41, 5.74) is -3.00. The van der Waals surface area contributed by atoms with Crippen molar-refractivity contribution in [2.75, 3.05) is 14.2 Å². The van der Waals surface area contributed by atoms with Gasteiger partial charge in [-0.15, -0.1) is 0 Å². The molecule has 0 aliphatic carbocycles. The molecular weight excluding hydrogens is 374 g/mol. The van der Waals surface area contributed by atoms with Gasteiger partial charge in [0.05, 0.1) is 25.8 Å². The number of carbonyl (C=O) groups is 2. The van der Waals surface area contributed by atoms with Gasteiger partial charge in [0.15, 0.2) is 0 Å². The van der Waals surface area contributed by atoms with Gasteiger partial charge in [-0.25, -0.2) is 9.59 Å². The van der Waals surface area contributed by atoms with Gasteiger partial charge < -0.3 is 14.8 Å². The van der Waals surface area contributed by atoms with Gasteiger partial charge in [0.25, 0.3) is 0 Å². The van der Waals surface area contributed by atoms with E-state index in [1.807, 2.05) is 0 Å². The maximum atomic E-state index is 13.4. The SMILES string of the molecule is COC(=O)C1=C(C(F)(F)F)NC(C(F)(F)F)N(C(=O)OC)C1CC(C)C. The molecule has 6 nitrogen and oxygen atoms in total. The standard InChI is InChI=1S/C14H18F6N2O4/c1-6(2)5-7-8(10(23)25-3)9(13(15,16)17)21-11(14(18,19)20)22(7)12(24)26-4/h6-7,11,21H,5H2,1-4H3. The number of nitrogens with zero attached hydrogens (tertiary/aromatic N) is 1. The lowest BCUT2D eigenvalue weighted by atomic mass is 9.91. The fraction of sp³-hybridized carbons (Fsp3) is 0.714. The number of nitrogens with one attached hydrogen (secondary N) is 1. The average molecular weight is 392 g/mol. The van der Waals surface area contributed by atoms with Crippen LogP contribution in [-0.2, 0) is 14.3 Å². The van der Waals surface area contributed by atoms with Crippen LogP contribution in [0.2, 0.25) is 0 Å². The third-order valence-corrected chi connectivity index (χ3v) is 3.58. The molecule has 2 atom stereocenters. The molecule has 0 aromatic carbocycles. The second-order valence-corrected chi connectivity index (χ2v) is 5.89. The molecule has 0 radical (unpaired) electrons. The number of halogens is 6. The smallest absolute Gasteiger partial charge is 0.431 e. The highest BCUT2D eigenvalue weighted by Crippen LogP contribution is 2.39. The molecule has 0 saturated heterocycles. The molecule has 0 bridgehead atoms. The first kappa shape index (κ1) is 21.9. The Morgan fingerprint density at radius 1 is 1.12 bits per heavy atom. The Kier molecular flexibility index (Phi) is 6.42. The number of rotatable bonds is 3. The van der Waals surface area contributed by atoms with E-state index in [1.54, 1.807) is 0 Å². The van der Waals surface area contributed by atoms with Crippen LogP contribution < -0.4 is 5.32 Å². The van der Waals surface area contributed by atoms with E-state index in [1.165, 1.54) is 19.2 Å². The minimum absolute atomic E-state index is 0.0431. The first-order chi connectivity index (χ1) is 11.8. The van der Waals surface area contributed by atoms with Crippen LogP contribution in [-0.4, -0.2) is 55.7 Å². The minimum atomic E-state index is -5.30. The summed E-state index contributed by atoms with van der Waals surface area (Å²) in [5.74, 6) is -1.95. The Labute approximate surface area is 145 Å². The highest BCUT2D eigenvalue weighted by molar-refractivity contribution is 5.92. The van der Waals surface area contributed by atoms with Crippen LogP contribution in [0.25, 0.3) is 0 Å². The lowest BCUT2D eigenvalue weighted by molar-refractivity contribution is -0.200. The van der Waals surface area contributed by atoms with Crippen molar-refractivity contribution in [3.63, 3.8) is 0 Å². The molecule has 0 fully saturated rings. The van der Waals surface area contributed by atoms with Crippen molar-refractivity contribution in [3.05, 3.63) is 11.3 Å². The molecule has 0 aromatic heterocycles. The topological polar surface area (TPSA) is 67.9 Å². The Morgan fingerprint density at radius 3 is 2.00 bits per heavy atom. The number of alkyl halides is 6. The lowest BCUT2D eigenvalue weighted by Gasteiger charge is -2.44. The fourth-order valence-electron chi connectivity index (χ4n) is 2.61. The van der Waals surface area contributed by atoms with E-state index in [0.29, 0.717) is 0 Å². The van der Waals surface area contributed by atoms with Gasteiger partial charge in [-0.05, 0) is 12.3 Å². The van der Waals surface area contributed by atoms with E-state index in [-0.39, 0.29) is 11.3 Å². The van der Waals surface area contributed by atoms with Crippen LogP contribution in [0.5, 0.6) is 0 Å². The number of hydrogen-bond acceptors (Lipinski definition) is 5. The molecule has 2 unspecified atom stereocenters. The van der Waals surface area contributed by atoms with Crippen molar-refractivity contribution in [3.8, 4) is 0 Å². The highest BCUT2D eigenvalue weighted by atomic mass is 19.4. The monoisotopic (exact) mass is 392 g/mol. The number of carbonyl (C=O) groups excluding carboxylic acids is 2. The van der Waals surface area contributed by atoms with Gasteiger partial charge in [-0.1, -0.05) is 13.8 Å². The first-order valence-corrected chi connectivity index (χ1v) is 7.34. The quantitative estimate of drug-likeness (QED) is 0.591. The molecule has 0 saturated carbocycles. The predicted octanol–water partition coefficient (Wildman–Crippen LogP) is 2.95. The van der Waals surface area contributed by atoms with Gasteiger partial charge in [0.2, 0.25) is 6.17 Å². The predicted molar refractivity (Wildman–Crippen MR) is 75.6 cm³/mol. The largest absolute Gasteiger partial charge is 0.466 e. The van der Waals surface area contributed by atoms with Crippen molar-refractivity contribution < 1.29 is 45.4 Å². The molecule has 0 spiro atoms. The number of allylic oxidation sites excluding steroid dienone is 1. The van der Waals surface area contributed by atoms with Crippen LogP contribution in [0.1, 0.15) is 20.3 Å². The van der Waals surface area contributed by atoms with Crippen LogP contribution in [0.3, 0.4) is 0 Å². The average Bonchev–Trinajstić information content (AvgIpc) is 2.49. The van der Waals surface area contributed by atoms with Crippen molar-refractivity contribution in [2.45, 2.75) is 44.8 Å². The third kappa shape index (κ3) is 4.52. The molecule has 1 heterocycles. The molecule has 1 N–H and O–H groups in total. The zero-order valence-electron chi connectivity index (χ0n) is 14.3. The summed E-state index contributed by atoms with van der Waals surface area (Å²) in [4.78, 5) is 23.9. The van der Waals surface area contributed by atoms with Crippen molar-refractivity contribution in [1.82, 2.24) is 10.2 Å². The van der Waals surface area contributed by atoms with E-state index in [2.05, 4.69) is 9.47 Å². The second-order valence-electron chi connectivity index (χ2n) is 5.89. The Hall–Kier alpha value is -2.14. The zero-order chi connectivity index (χ0) is 20.4. The summed E-state index contributed by atoms with van der Waals surface area (Å²) in [5, 5.41) is 1.22. The van der Waals surface area contributed by atoms with Gasteiger partial charge >= 0.3 is 24.4 Å². The van der Waals surface area contributed by atoms with E-state index in [9.17, 15) is 35.9 Å². The van der Waals surface area contributed by atoms with Gasteiger partial charge in [0, 0.05) is 0 Å². The van der Waals surface area contributed by atoms with Gasteiger partial charge in [-0.3, -0.25) is 4.90 Å². The second kappa shape index (κ2) is 7.62. The van der Waals surface area contributed by atoms with Crippen LogP contribution in [0, 0.1) is 5.92 Å². The summed E-state index contributed by atoms with van der Waals surface area (Å²) in [6, 6.07) is -1.85. The molecule has 1 aliphatic rings. The van der Waals surface area contributed by atoms with E-state index >= 15 is 0 Å². The maximum absolute atomic E-state index is 13.4. The molecule has 12 heteroatoms. The molecule has 150 valence electrons.